The Morgan fingerprint density at radius 2 is 0.722 bits per heavy atom. The molecule has 3 heterocycles. The standard InChI is InChI=1S/C48H60N3.3BrH/c1-4-7-22-43-28-19-34-49(40-43)31-16-10-13-25-46-37-47(26-14-11-17-32-50-35-20-29-44(41-50)23-8-5-2)39-48(38-46)27-15-12-18-33-51-36-21-30-45(42-51)24-9-6-3;;;/h19-21,28-30,34-42H,4-12,16-18,22-24,31-33H2,1-3H3;3*1H/q+3;;;/p-3. The number of rotatable bonds is 18. The second-order valence-electron chi connectivity index (χ2n) is 13.7. The first-order valence-corrected chi connectivity index (χ1v) is 19.7. The Bertz CT molecular complexity index is 1610. The van der Waals surface area contributed by atoms with Gasteiger partial charge in [-0.25, -0.2) is 13.7 Å². The molecule has 288 valence electrons. The first-order valence-electron chi connectivity index (χ1n) is 19.7. The van der Waals surface area contributed by atoms with Crippen LogP contribution in [-0.4, -0.2) is 0 Å². The Balaban J connectivity index is 0.00000486. The lowest BCUT2D eigenvalue weighted by molar-refractivity contribution is -0.697. The third-order valence-electron chi connectivity index (χ3n) is 9.00. The number of halogens is 3. The average molecular weight is 919 g/mol. The number of nitrogens with zero attached hydrogens (tertiary/aromatic N) is 3. The van der Waals surface area contributed by atoms with Gasteiger partial charge in [0.2, 0.25) is 0 Å². The fourth-order valence-electron chi connectivity index (χ4n) is 6.12. The van der Waals surface area contributed by atoms with Crippen LogP contribution < -0.4 is 64.6 Å². The van der Waals surface area contributed by atoms with Crippen LogP contribution in [0.25, 0.3) is 0 Å². The third kappa shape index (κ3) is 19.9. The molecule has 0 aliphatic heterocycles. The zero-order valence-electron chi connectivity index (χ0n) is 32.9. The zero-order chi connectivity index (χ0) is 35.8. The van der Waals surface area contributed by atoms with E-state index < -0.39 is 0 Å². The van der Waals surface area contributed by atoms with Crippen LogP contribution in [0, 0.1) is 35.5 Å². The fraction of sp³-hybridized carbons (Fsp3) is 0.438. The van der Waals surface area contributed by atoms with Gasteiger partial charge >= 0.3 is 0 Å². The maximum atomic E-state index is 3.44. The zero-order valence-corrected chi connectivity index (χ0v) is 37.6. The second-order valence-corrected chi connectivity index (χ2v) is 13.7. The largest absolute Gasteiger partial charge is 1.00 e. The van der Waals surface area contributed by atoms with E-state index in [4.69, 9.17) is 0 Å². The van der Waals surface area contributed by atoms with Crippen molar-refractivity contribution in [1.82, 2.24) is 0 Å². The Morgan fingerprint density at radius 1 is 0.426 bits per heavy atom. The average Bonchev–Trinajstić information content (AvgIpc) is 3.15. The van der Waals surface area contributed by atoms with E-state index in [0.29, 0.717) is 0 Å². The van der Waals surface area contributed by atoms with Gasteiger partial charge in [-0.1, -0.05) is 75.6 Å². The molecule has 3 nitrogen and oxygen atoms in total. The number of hydrogen-bond acceptors (Lipinski definition) is 0. The molecule has 3 aromatic heterocycles. The van der Waals surface area contributed by atoms with E-state index in [1.165, 1.54) is 55.2 Å². The molecule has 0 saturated carbocycles. The lowest BCUT2D eigenvalue weighted by Crippen LogP contribution is -3.00. The van der Waals surface area contributed by atoms with E-state index in [0.717, 1.165) is 94.1 Å². The van der Waals surface area contributed by atoms with Gasteiger partial charge in [0.1, 0.15) is 19.6 Å². The molecular weight excluding hydrogens is 858 g/mol. The highest BCUT2D eigenvalue weighted by molar-refractivity contribution is 5.51. The van der Waals surface area contributed by atoms with E-state index in [9.17, 15) is 0 Å². The first kappa shape index (κ1) is 48.8. The predicted molar refractivity (Wildman–Crippen MR) is 211 cm³/mol. The van der Waals surface area contributed by atoms with Crippen molar-refractivity contribution in [2.24, 2.45) is 0 Å². The number of benzene rings is 1. The lowest BCUT2D eigenvalue weighted by Gasteiger charge is -2.00. The molecule has 0 bridgehead atoms. The quantitative estimate of drug-likeness (QED) is 0.0764. The minimum absolute atomic E-state index is 0. The maximum absolute atomic E-state index is 3.44. The van der Waals surface area contributed by atoms with Gasteiger partial charge in [0.05, 0.1) is 0 Å². The monoisotopic (exact) mass is 915 g/mol. The summed E-state index contributed by atoms with van der Waals surface area (Å²) >= 11 is 0. The maximum Gasteiger partial charge on any atom is 0.171 e. The van der Waals surface area contributed by atoms with Crippen LogP contribution in [0.5, 0.6) is 0 Å². The van der Waals surface area contributed by atoms with Crippen molar-refractivity contribution in [1.29, 1.82) is 0 Å². The van der Waals surface area contributed by atoms with Gasteiger partial charge in [-0.3, -0.25) is 0 Å². The van der Waals surface area contributed by atoms with E-state index in [-0.39, 0.29) is 50.9 Å². The van der Waals surface area contributed by atoms with E-state index in [2.05, 4.69) is 162 Å². The van der Waals surface area contributed by atoms with E-state index >= 15 is 0 Å². The minimum Gasteiger partial charge on any atom is -1.00 e. The summed E-state index contributed by atoms with van der Waals surface area (Å²) < 4.78 is 6.92. The van der Waals surface area contributed by atoms with Gasteiger partial charge in [0, 0.05) is 90.1 Å². The number of pyridine rings is 3. The van der Waals surface area contributed by atoms with Gasteiger partial charge < -0.3 is 50.9 Å². The molecule has 0 atom stereocenters. The Morgan fingerprint density at radius 3 is 1.00 bits per heavy atom. The number of unbranched alkanes of at least 4 members (excludes halogenated alkanes) is 6. The number of aromatic nitrogens is 3. The Hall–Kier alpha value is -3.21. The molecule has 0 aliphatic rings. The van der Waals surface area contributed by atoms with E-state index in [1.807, 2.05) is 0 Å². The van der Waals surface area contributed by atoms with Crippen molar-refractivity contribution in [2.75, 3.05) is 0 Å². The van der Waals surface area contributed by atoms with Crippen LogP contribution >= 0.6 is 0 Å². The van der Waals surface area contributed by atoms with Gasteiger partial charge in [0.15, 0.2) is 37.2 Å². The highest BCUT2D eigenvalue weighted by Gasteiger charge is 2.05. The molecule has 0 spiro atoms. The van der Waals surface area contributed by atoms with Crippen LogP contribution in [0.3, 0.4) is 0 Å². The predicted octanol–water partition coefficient (Wildman–Crippen LogP) is 0.0846. The van der Waals surface area contributed by atoms with Gasteiger partial charge in [-0.05, 0) is 74.9 Å². The molecule has 0 fully saturated rings. The first-order chi connectivity index (χ1) is 25.1. The van der Waals surface area contributed by atoms with Crippen LogP contribution in [0.4, 0.5) is 0 Å². The van der Waals surface area contributed by atoms with Crippen LogP contribution in [0.15, 0.2) is 91.8 Å². The second kappa shape index (κ2) is 30.1. The fourth-order valence-corrected chi connectivity index (χ4v) is 6.12. The molecule has 0 unspecified atom stereocenters. The molecule has 4 aromatic rings. The van der Waals surface area contributed by atoms with Crippen LogP contribution in [0.2, 0.25) is 0 Å². The van der Waals surface area contributed by atoms with Gasteiger partial charge in [0.25, 0.3) is 0 Å². The van der Waals surface area contributed by atoms with Crippen molar-refractivity contribution >= 4 is 0 Å². The topological polar surface area (TPSA) is 11.6 Å². The lowest BCUT2D eigenvalue weighted by atomic mass is 10.1. The Kier molecular flexibility index (Phi) is 27.2. The number of hydrogen-bond donors (Lipinski definition) is 0. The Labute approximate surface area is 359 Å². The molecule has 0 amide bonds. The van der Waals surface area contributed by atoms with Crippen molar-refractivity contribution in [2.45, 2.75) is 137 Å². The van der Waals surface area contributed by atoms with Gasteiger partial charge in [-0.15, -0.1) is 0 Å². The summed E-state index contributed by atoms with van der Waals surface area (Å²) in [6.45, 7) is 9.70. The highest BCUT2D eigenvalue weighted by atomic mass is 79.9. The summed E-state index contributed by atoms with van der Waals surface area (Å²) in [5.41, 5.74) is 7.26. The van der Waals surface area contributed by atoms with Crippen molar-refractivity contribution < 1.29 is 64.6 Å². The van der Waals surface area contributed by atoms with Gasteiger partial charge in [-0.2, -0.15) is 0 Å². The summed E-state index contributed by atoms with van der Waals surface area (Å²) in [5.74, 6) is 20.6. The molecular formula is C48H60Br3N3. The molecule has 54 heavy (non-hydrogen) atoms. The van der Waals surface area contributed by atoms with Crippen molar-refractivity contribution in [3.63, 3.8) is 0 Å². The normalized spacial score (nSPS) is 9.83. The third-order valence-corrected chi connectivity index (χ3v) is 9.00. The minimum atomic E-state index is 0. The molecule has 4 rings (SSSR count). The number of aryl methyl sites for hydroxylation is 6. The van der Waals surface area contributed by atoms with Crippen molar-refractivity contribution in [3.05, 3.63) is 125 Å². The smallest absolute Gasteiger partial charge is 0.171 e. The highest BCUT2D eigenvalue weighted by Crippen LogP contribution is 2.10. The molecule has 6 heteroatoms. The summed E-state index contributed by atoms with van der Waals surface area (Å²) in [7, 11) is 0. The van der Waals surface area contributed by atoms with Crippen molar-refractivity contribution in [3.8, 4) is 35.5 Å². The van der Waals surface area contributed by atoms with Crippen LogP contribution in [0.1, 0.15) is 131 Å². The van der Waals surface area contributed by atoms with Crippen LogP contribution in [-0.2, 0) is 38.9 Å². The summed E-state index contributed by atoms with van der Waals surface area (Å²) in [5, 5.41) is 0. The molecule has 0 radical (unpaired) electrons. The summed E-state index contributed by atoms with van der Waals surface area (Å²) in [6, 6.07) is 19.6. The SMILES string of the molecule is CCCCc1ccc[n+](CCCC#Cc2cc(C#CCCC[n+]3cccc(CCCC)c3)cc(C#CCCC[n+]3cccc(CCCC)c3)c2)c1.[Br-].[Br-].[Br-]. The summed E-state index contributed by atoms with van der Waals surface area (Å²) in [4.78, 5) is 0. The molecule has 0 N–H and O–H groups in total. The van der Waals surface area contributed by atoms with E-state index in [1.54, 1.807) is 0 Å². The molecule has 0 saturated heterocycles. The molecule has 1 aromatic carbocycles. The molecule has 0 aliphatic carbocycles. The summed E-state index contributed by atoms with van der Waals surface area (Å²) in [6.07, 6.45) is 29.9.